The Labute approximate surface area is 112 Å². The Morgan fingerprint density at radius 1 is 1.17 bits per heavy atom. The van der Waals surface area contributed by atoms with Gasteiger partial charge in [-0.05, 0) is 31.2 Å². The number of carbonyl (C=O) groups excluding carboxylic acids is 1. The predicted octanol–water partition coefficient (Wildman–Crippen LogP) is 2.84. The van der Waals surface area contributed by atoms with Crippen molar-refractivity contribution in [3.63, 3.8) is 0 Å². The number of nitrogens with two attached hydrogens (primary N) is 1. The molecular formula is C15H30N2O. The Morgan fingerprint density at radius 3 is 2.28 bits per heavy atom. The number of amides is 1. The minimum atomic E-state index is 0.117. The number of carbonyl (C=O) groups is 1. The van der Waals surface area contributed by atoms with Gasteiger partial charge in [0, 0.05) is 12.5 Å². The van der Waals surface area contributed by atoms with E-state index in [0.29, 0.717) is 6.54 Å². The molecule has 0 aromatic rings. The van der Waals surface area contributed by atoms with E-state index in [9.17, 15) is 4.79 Å². The third kappa shape index (κ3) is 5.85. The zero-order valence-electron chi connectivity index (χ0n) is 12.1. The van der Waals surface area contributed by atoms with Crippen molar-refractivity contribution in [2.45, 2.75) is 65.2 Å². The van der Waals surface area contributed by atoms with Crippen molar-refractivity contribution < 1.29 is 4.79 Å². The van der Waals surface area contributed by atoms with Crippen LogP contribution in [0.4, 0.5) is 0 Å². The van der Waals surface area contributed by atoms with Gasteiger partial charge >= 0.3 is 0 Å². The molecule has 0 bridgehead atoms. The summed E-state index contributed by atoms with van der Waals surface area (Å²) in [5, 5.41) is 3.13. The normalized spacial score (nSPS) is 19.1. The fourth-order valence-electron chi connectivity index (χ4n) is 2.67. The van der Waals surface area contributed by atoms with E-state index in [-0.39, 0.29) is 17.2 Å². The molecule has 0 spiro atoms. The van der Waals surface area contributed by atoms with Crippen LogP contribution in [0.15, 0.2) is 0 Å². The molecule has 0 unspecified atom stereocenters. The highest BCUT2D eigenvalue weighted by molar-refractivity contribution is 5.78. The molecule has 0 aromatic heterocycles. The van der Waals surface area contributed by atoms with Gasteiger partial charge in [0.25, 0.3) is 0 Å². The van der Waals surface area contributed by atoms with Crippen LogP contribution >= 0.6 is 0 Å². The molecule has 1 fully saturated rings. The molecule has 1 saturated carbocycles. The summed E-state index contributed by atoms with van der Waals surface area (Å²) in [6, 6.07) is 0. The molecule has 0 aliphatic heterocycles. The van der Waals surface area contributed by atoms with Gasteiger partial charge in [-0.2, -0.15) is 0 Å². The summed E-state index contributed by atoms with van der Waals surface area (Å²) < 4.78 is 0. The maximum absolute atomic E-state index is 12.2. The van der Waals surface area contributed by atoms with E-state index in [0.717, 1.165) is 25.8 Å². The number of nitrogens with one attached hydrogen (secondary N) is 1. The maximum Gasteiger partial charge on any atom is 0.223 e. The molecule has 1 amide bonds. The van der Waals surface area contributed by atoms with E-state index in [1.807, 2.05) is 0 Å². The van der Waals surface area contributed by atoms with Crippen molar-refractivity contribution in [1.82, 2.24) is 5.32 Å². The highest BCUT2D eigenvalue weighted by atomic mass is 16.1. The molecular weight excluding hydrogens is 224 g/mol. The smallest absolute Gasteiger partial charge is 0.223 e. The maximum atomic E-state index is 12.2. The zero-order valence-corrected chi connectivity index (χ0v) is 12.1. The molecule has 0 aromatic carbocycles. The first kappa shape index (κ1) is 15.5. The number of hydrogen-bond acceptors (Lipinski definition) is 2. The highest BCUT2D eigenvalue weighted by Crippen LogP contribution is 2.23. The van der Waals surface area contributed by atoms with Gasteiger partial charge in [0.2, 0.25) is 5.91 Å². The van der Waals surface area contributed by atoms with Crippen LogP contribution in [0.1, 0.15) is 65.2 Å². The van der Waals surface area contributed by atoms with Crippen LogP contribution in [0.2, 0.25) is 0 Å². The quantitative estimate of drug-likeness (QED) is 0.792. The molecule has 1 rings (SSSR count). The summed E-state index contributed by atoms with van der Waals surface area (Å²) in [4.78, 5) is 12.2. The molecule has 1 aliphatic carbocycles. The van der Waals surface area contributed by atoms with Gasteiger partial charge in [-0.1, -0.05) is 46.0 Å². The molecule has 0 heterocycles. The van der Waals surface area contributed by atoms with Crippen LogP contribution in [0.5, 0.6) is 0 Å². The fraction of sp³-hybridized carbons (Fsp3) is 0.933. The molecule has 0 saturated heterocycles. The van der Waals surface area contributed by atoms with Crippen molar-refractivity contribution in [3.8, 4) is 0 Å². The molecule has 3 heteroatoms. The average Bonchev–Trinajstić information content (AvgIpc) is 2.25. The van der Waals surface area contributed by atoms with Crippen LogP contribution in [-0.4, -0.2) is 19.0 Å². The summed E-state index contributed by atoms with van der Waals surface area (Å²) in [7, 11) is 0. The first-order chi connectivity index (χ1) is 8.55. The summed E-state index contributed by atoms with van der Waals surface area (Å²) in [6.07, 6.45) is 9.46. The summed E-state index contributed by atoms with van der Waals surface area (Å²) in [6.45, 7) is 5.77. The van der Waals surface area contributed by atoms with Gasteiger partial charge in [0.15, 0.2) is 0 Å². The van der Waals surface area contributed by atoms with Gasteiger partial charge in [-0.3, -0.25) is 4.79 Å². The van der Waals surface area contributed by atoms with Gasteiger partial charge in [0.05, 0.1) is 0 Å². The highest BCUT2D eigenvalue weighted by Gasteiger charge is 2.22. The predicted molar refractivity (Wildman–Crippen MR) is 76.3 cm³/mol. The standard InChI is InChI=1S/C15H30N2O/c1-15(2,10-11-16)12-17-14(18)13-8-6-4-3-5-7-9-13/h13H,3-12,16H2,1-2H3,(H,17,18). The van der Waals surface area contributed by atoms with Crippen molar-refractivity contribution in [2.75, 3.05) is 13.1 Å². The Kier molecular flexibility index (Phi) is 6.69. The minimum absolute atomic E-state index is 0.117. The van der Waals surface area contributed by atoms with E-state index in [1.165, 1.54) is 32.1 Å². The summed E-state index contributed by atoms with van der Waals surface area (Å²) in [5.41, 5.74) is 5.71. The average molecular weight is 254 g/mol. The first-order valence-corrected chi connectivity index (χ1v) is 7.53. The third-order valence-corrected chi connectivity index (χ3v) is 4.04. The summed E-state index contributed by atoms with van der Waals surface area (Å²) >= 11 is 0. The molecule has 0 atom stereocenters. The minimum Gasteiger partial charge on any atom is -0.355 e. The molecule has 18 heavy (non-hydrogen) atoms. The molecule has 3 nitrogen and oxygen atoms in total. The SMILES string of the molecule is CC(C)(CCN)CNC(=O)C1CCCCCCC1. The van der Waals surface area contributed by atoms with Crippen LogP contribution in [0.25, 0.3) is 0 Å². The van der Waals surface area contributed by atoms with Crippen LogP contribution in [0.3, 0.4) is 0 Å². The van der Waals surface area contributed by atoms with E-state index >= 15 is 0 Å². The van der Waals surface area contributed by atoms with Gasteiger partial charge in [-0.15, -0.1) is 0 Å². The molecule has 1 aliphatic rings. The second kappa shape index (κ2) is 7.78. The van der Waals surface area contributed by atoms with Crippen LogP contribution in [-0.2, 0) is 4.79 Å². The lowest BCUT2D eigenvalue weighted by molar-refractivity contribution is -0.126. The molecule has 0 radical (unpaired) electrons. The van der Waals surface area contributed by atoms with Gasteiger partial charge in [-0.25, -0.2) is 0 Å². The van der Waals surface area contributed by atoms with E-state index in [4.69, 9.17) is 5.73 Å². The topological polar surface area (TPSA) is 55.1 Å². The molecule has 106 valence electrons. The monoisotopic (exact) mass is 254 g/mol. The van der Waals surface area contributed by atoms with Crippen LogP contribution < -0.4 is 11.1 Å². The second-order valence-electron chi connectivity index (χ2n) is 6.46. The van der Waals surface area contributed by atoms with Gasteiger partial charge in [0.1, 0.15) is 0 Å². The second-order valence-corrected chi connectivity index (χ2v) is 6.46. The third-order valence-electron chi connectivity index (χ3n) is 4.04. The lowest BCUT2D eigenvalue weighted by Crippen LogP contribution is -2.38. The van der Waals surface area contributed by atoms with E-state index in [2.05, 4.69) is 19.2 Å². The van der Waals surface area contributed by atoms with E-state index < -0.39 is 0 Å². The number of rotatable bonds is 5. The van der Waals surface area contributed by atoms with Crippen molar-refractivity contribution in [3.05, 3.63) is 0 Å². The lowest BCUT2D eigenvalue weighted by atomic mass is 9.88. The molecule has 3 N–H and O–H groups in total. The Morgan fingerprint density at radius 2 is 1.72 bits per heavy atom. The zero-order chi connectivity index (χ0) is 13.4. The van der Waals surface area contributed by atoms with E-state index in [1.54, 1.807) is 0 Å². The fourth-order valence-corrected chi connectivity index (χ4v) is 2.67. The summed E-state index contributed by atoms with van der Waals surface area (Å²) in [5.74, 6) is 0.515. The number of hydrogen-bond donors (Lipinski definition) is 2. The van der Waals surface area contributed by atoms with Crippen LogP contribution in [0, 0.1) is 11.3 Å². The lowest BCUT2D eigenvalue weighted by Gasteiger charge is -2.26. The Bertz CT molecular complexity index is 243. The Hall–Kier alpha value is -0.570. The van der Waals surface area contributed by atoms with Gasteiger partial charge < -0.3 is 11.1 Å². The van der Waals surface area contributed by atoms with Crippen molar-refractivity contribution >= 4 is 5.91 Å². The largest absolute Gasteiger partial charge is 0.355 e. The Balaban J connectivity index is 2.34. The van der Waals surface area contributed by atoms with Crippen molar-refractivity contribution in [1.29, 1.82) is 0 Å². The van der Waals surface area contributed by atoms with Crippen molar-refractivity contribution in [2.24, 2.45) is 17.1 Å². The first-order valence-electron chi connectivity index (χ1n) is 7.53.